The average Bonchev–Trinajstić information content (AvgIpc) is 2.48. The van der Waals surface area contributed by atoms with Crippen LogP contribution < -0.4 is 10.2 Å². The molecule has 1 aromatic carbocycles. The number of rotatable bonds is 2. The van der Waals surface area contributed by atoms with Crippen LogP contribution in [0.25, 0.3) is 0 Å². The van der Waals surface area contributed by atoms with E-state index in [1.807, 2.05) is 12.4 Å². The van der Waals surface area contributed by atoms with Crippen molar-refractivity contribution in [3.63, 3.8) is 0 Å². The first kappa shape index (κ1) is 13.1. The van der Waals surface area contributed by atoms with E-state index >= 15 is 0 Å². The Morgan fingerprint density at radius 2 is 2.00 bits per heavy atom. The molecule has 3 nitrogen and oxygen atoms in total. The van der Waals surface area contributed by atoms with Crippen molar-refractivity contribution in [3.8, 4) is 0 Å². The zero-order valence-corrected chi connectivity index (χ0v) is 12.1. The maximum atomic E-state index is 4.33. The summed E-state index contributed by atoms with van der Waals surface area (Å²) >= 11 is 0. The zero-order chi connectivity index (χ0) is 13.9. The number of pyridine rings is 1. The highest BCUT2D eigenvalue weighted by molar-refractivity contribution is 5.48. The van der Waals surface area contributed by atoms with E-state index in [0.29, 0.717) is 12.1 Å². The first-order valence-corrected chi connectivity index (χ1v) is 7.20. The van der Waals surface area contributed by atoms with E-state index in [0.717, 1.165) is 13.1 Å². The smallest absolute Gasteiger partial charge is 0.0558 e. The van der Waals surface area contributed by atoms with Crippen molar-refractivity contribution in [1.29, 1.82) is 0 Å². The lowest BCUT2D eigenvalue weighted by molar-refractivity contribution is 0.414. The van der Waals surface area contributed by atoms with Gasteiger partial charge in [-0.1, -0.05) is 30.3 Å². The van der Waals surface area contributed by atoms with Gasteiger partial charge in [0.15, 0.2) is 0 Å². The molecule has 1 saturated heterocycles. The van der Waals surface area contributed by atoms with Crippen LogP contribution in [0.2, 0.25) is 0 Å². The summed E-state index contributed by atoms with van der Waals surface area (Å²) in [7, 11) is 0. The summed E-state index contributed by atoms with van der Waals surface area (Å²) in [6, 6.07) is 13.8. The van der Waals surface area contributed by atoms with Crippen molar-refractivity contribution in [3.05, 3.63) is 59.9 Å². The van der Waals surface area contributed by atoms with E-state index in [2.05, 4.69) is 65.4 Å². The van der Waals surface area contributed by atoms with Crippen LogP contribution >= 0.6 is 0 Å². The van der Waals surface area contributed by atoms with Crippen molar-refractivity contribution < 1.29 is 0 Å². The predicted octanol–water partition coefficient (Wildman–Crippen LogP) is 2.93. The number of anilines is 1. The van der Waals surface area contributed by atoms with Crippen LogP contribution in [-0.2, 0) is 0 Å². The van der Waals surface area contributed by atoms with Gasteiger partial charge in [-0.3, -0.25) is 4.98 Å². The standard InChI is InChI=1S/C17H21N3/c1-13-8-16(11-18-9-13)20-12-17(19-10-14(20)2)15-6-4-3-5-7-15/h3-9,11,14,17,19H,10,12H2,1-2H3. The number of nitrogens with zero attached hydrogens (tertiary/aromatic N) is 2. The molecule has 0 bridgehead atoms. The fourth-order valence-electron chi connectivity index (χ4n) is 2.83. The molecule has 0 saturated carbocycles. The number of nitrogens with one attached hydrogen (secondary N) is 1. The molecule has 2 unspecified atom stereocenters. The molecule has 104 valence electrons. The monoisotopic (exact) mass is 267 g/mol. The normalized spacial score (nSPS) is 22.8. The SMILES string of the molecule is Cc1cncc(N2CC(c3ccccc3)NCC2C)c1. The summed E-state index contributed by atoms with van der Waals surface area (Å²) in [6.45, 7) is 6.33. The molecular weight excluding hydrogens is 246 g/mol. The Morgan fingerprint density at radius 3 is 2.75 bits per heavy atom. The fraction of sp³-hybridized carbons (Fsp3) is 0.353. The second-order valence-electron chi connectivity index (χ2n) is 5.59. The summed E-state index contributed by atoms with van der Waals surface area (Å²) in [6.07, 6.45) is 3.88. The number of hydrogen-bond acceptors (Lipinski definition) is 3. The molecular formula is C17H21N3. The summed E-state index contributed by atoms with van der Waals surface area (Å²) in [5.41, 5.74) is 3.79. The molecule has 20 heavy (non-hydrogen) atoms. The van der Waals surface area contributed by atoms with Crippen LogP contribution in [0.5, 0.6) is 0 Å². The zero-order valence-electron chi connectivity index (χ0n) is 12.1. The molecule has 1 fully saturated rings. The molecule has 1 aromatic heterocycles. The average molecular weight is 267 g/mol. The molecule has 0 radical (unpaired) electrons. The predicted molar refractivity (Wildman–Crippen MR) is 83.0 cm³/mol. The first-order chi connectivity index (χ1) is 9.74. The van der Waals surface area contributed by atoms with Gasteiger partial charge in [0.25, 0.3) is 0 Å². The van der Waals surface area contributed by atoms with Gasteiger partial charge in [0.05, 0.1) is 11.9 Å². The highest BCUT2D eigenvalue weighted by Gasteiger charge is 2.26. The third-order valence-corrected chi connectivity index (χ3v) is 3.97. The van der Waals surface area contributed by atoms with E-state index in [1.54, 1.807) is 0 Å². The van der Waals surface area contributed by atoms with Crippen LogP contribution in [0.1, 0.15) is 24.1 Å². The van der Waals surface area contributed by atoms with Gasteiger partial charge in [-0.05, 0) is 31.0 Å². The molecule has 1 N–H and O–H groups in total. The van der Waals surface area contributed by atoms with Gasteiger partial charge in [0, 0.05) is 31.4 Å². The highest BCUT2D eigenvalue weighted by Crippen LogP contribution is 2.25. The molecule has 0 amide bonds. The molecule has 2 heterocycles. The van der Waals surface area contributed by atoms with Crippen LogP contribution in [0.4, 0.5) is 5.69 Å². The minimum Gasteiger partial charge on any atom is -0.364 e. The highest BCUT2D eigenvalue weighted by atomic mass is 15.2. The van der Waals surface area contributed by atoms with Crippen molar-refractivity contribution in [1.82, 2.24) is 10.3 Å². The minimum atomic E-state index is 0.382. The van der Waals surface area contributed by atoms with Gasteiger partial charge < -0.3 is 10.2 Å². The third kappa shape index (κ3) is 2.68. The van der Waals surface area contributed by atoms with E-state index in [4.69, 9.17) is 0 Å². The lowest BCUT2D eigenvalue weighted by Gasteiger charge is -2.40. The lowest BCUT2D eigenvalue weighted by atomic mass is 10.0. The number of aryl methyl sites for hydroxylation is 1. The van der Waals surface area contributed by atoms with Crippen LogP contribution in [0, 0.1) is 6.92 Å². The van der Waals surface area contributed by atoms with E-state index < -0.39 is 0 Å². The number of piperazine rings is 1. The second kappa shape index (κ2) is 5.63. The Morgan fingerprint density at radius 1 is 1.20 bits per heavy atom. The number of benzene rings is 1. The lowest BCUT2D eigenvalue weighted by Crippen LogP contribution is -2.51. The van der Waals surface area contributed by atoms with Crippen molar-refractivity contribution in [2.24, 2.45) is 0 Å². The van der Waals surface area contributed by atoms with Gasteiger partial charge in [0.1, 0.15) is 0 Å². The summed E-state index contributed by atoms with van der Waals surface area (Å²) in [4.78, 5) is 6.78. The fourth-order valence-corrected chi connectivity index (χ4v) is 2.83. The summed E-state index contributed by atoms with van der Waals surface area (Å²) in [5.74, 6) is 0. The molecule has 3 heteroatoms. The maximum Gasteiger partial charge on any atom is 0.0558 e. The van der Waals surface area contributed by atoms with E-state index in [-0.39, 0.29) is 0 Å². The van der Waals surface area contributed by atoms with Crippen molar-refractivity contribution in [2.45, 2.75) is 25.9 Å². The number of hydrogen-bond donors (Lipinski definition) is 1. The largest absolute Gasteiger partial charge is 0.364 e. The van der Waals surface area contributed by atoms with E-state index in [9.17, 15) is 0 Å². The minimum absolute atomic E-state index is 0.382. The van der Waals surface area contributed by atoms with Gasteiger partial charge >= 0.3 is 0 Å². The topological polar surface area (TPSA) is 28.2 Å². The first-order valence-electron chi connectivity index (χ1n) is 7.20. The Bertz CT molecular complexity index is 567. The Hall–Kier alpha value is -1.87. The molecule has 1 aliphatic rings. The van der Waals surface area contributed by atoms with Gasteiger partial charge in [-0.25, -0.2) is 0 Å². The Labute approximate surface area is 120 Å². The van der Waals surface area contributed by atoms with Gasteiger partial charge in [-0.2, -0.15) is 0 Å². The van der Waals surface area contributed by atoms with Crippen LogP contribution in [-0.4, -0.2) is 24.1 Å². The molecule has 3 rings (SSSR count). The molecule has 1 aliphatic heterocycles. The maximum absolute atomic E-state index is 4.33. The van der Waals surface area contributed by atoms with Crippen molar-refractivity contribution >= 4 is 5.69 Å². The molecule has 0 aliphatic carbocycles. The Balaban J connectivity index is 1.84. The third-order valence-electron chi connectivity index (χ3n) is 3.97. The molecule has 2 aromatic rings. The Kier molecular flexibility index (Phi) is 3.70. The summed E-state index contributed by atoms with van der Waals surface area (Å²) in [5, 5.41) is 3.64. The van der Waals surface area contributed by atoms with Crippen LogP contribution in [0.3, 0.4) is 0 Å². The van der Waals surface area contributed by atoms with E-state index in [1.165, 1.54) is 16.8 Å². The van der Waals surface area contributed by atoms with Gasteiger partial charge in [0.2, 0.25) is 0 Å². The van der Waals surface area contributed by atoms with Gasteiger partial charge in [-0.15, -0.1) is 0 Å². The van der Waals surface area contributed by atoms with Crippen molar-refractivity contribution in [2.75, 3.05) is 18.0 Å². The molecule has 0 spiro atoms. The number of aromatic nitrogens is 1. The molecule has 2 atom stereocenters. The summed E-state index contributed by atoms with van der Waals surface area (Å²) < 4.78 is 0. The second-order valence-corrected chi connectivity index (χ2v) is 5.59. The van der Waals surface area contributed by atoms with Crippen LogP contribution in [0.15, 0.2) is 48.8 Å². The quantitative estimate of drug-likeness (QED) is 0.907.